The second-order valence-electron chi connectivity index (χ2n) is 1.92. The minimum atomic E-state index is -1.18. The Bertz CT molecular complexity index is 128. The molecule has 0 aromatic heterocycles. The highest BCUT2D eigenvalue weighted by Gasteiger charge is 2.37. The molecule has 1 fully saturated rings. The van der Waals surface area contributed by atoms with Crippen LogP contribution in [0.5, 0.6) is 0 Å². The first-order chi connectivity index (χ1) is 4.15. The third kappa shape index (κ3) is 1.23. The number of rotatable bonds is 1. The maximum Gasteiger partial charge on any atom is 0.281 e. The van der Waals surface area contributed by atoms with Crippen molar-refractivity contribution in [2.45, 2.75) is 12.7 Å². The van der Waals surface area contributed by atoms with Gasteiger partial charge in [0.25, 0.3) is 5.24 Å². The van der Waals surface area contributed by atoms with Crippen molar-refractivity contribution in [3.05, 3.63) is 0 Å². The minimum Gasteiger partial charge on any atom is -0.340 e. The molecule has 0 N–H and O–H groups in total. The first kappa shape index (κ1) is 6.99. The van der Waals surface area contributed by atoms with Gasteiger partial charge in [-0.05, 0) is 18.5 Å². The predicted octanol–water partition coefficient (Wildman–Crippen LogP) is 0.515. The van der Waals surface area contributed by atoms with Crippen molar-refractivity contribution < 1.29 is 14.3 Å². The molecule has 0 aromatic carbocycles. The summed E-state index contributed by atoms with van der Waals surface area (Å²) >= 11 is 5.14. The van der Waals surface area contributed by atoms with E-state index in [4.69, 9.17) is 21.1 Å². The molecule has 3 nitrogen and oxygen atoms in total. The van der Waals surface area contributed by atoms with Crippen molar-refractivity contribution in [2.75, 3.05) is 13.2 Å². The van der Waals surface area contributed by atoms with E-state index < -0.39 is 11.0 Å². The van der Waals surface area contributed by atoms with Crippen LogP contribution in [0.15, 0.2) is 0 Å². The standard InChI is InChI=1S/C5H7ClO3/c1-5(4(6)7)8-2-3-9-5/h2-3H2,1H3. The average molecular weight is 151 g/mol. The van der Waals surface area contributed by atoms with Crippen molar-refractivity contribution in [3.8, 4) is 0 Å². The van der Waals surface area contributed by atoms with Crippen molar-refractivity contribution in [1.29, 1.82) is 0 Å². The quantitative estimate of drug-likeness (QED) is 0.511. The van der Waals surface area contributed by atoms with E-state index in [2.05, 4.69) is 0 Å². The first-order valence-electron chi connectivity index (χ1n) is 2.63. The Hall–Kier alpha value is -0.120. The molecule has 52 valence electrons. The largest absolute Gasteiger partial charge is 0.340 e. The van der Waals surface area contributed by atoms with Gasteiger partial charge < -0.3 is 9.47 Å². The molecule has 0 aromatic rings. The molecule has 0 saturated carbocycles. The second-order valence-corrected chi connectivity index (χ2v) is 2.26. The molecule has 4 heteroatoms. The van der Waals surface area contributed by atoms with Crippen LogP contribution < -0.4 is 0 Å². The molecule has 9 heavy (non-hydrogen) atoms. The van der Waals surface area contributed by atoms with Gasteiger partial charge in [-0.15, -0.1) is 0 Å². The summed E-state index contributed by atoms with van der Waals surface area (Å²) in [6.07, 6.45) is 0. The number of ether oxygens (including phenoxy) is 2. The predicted molar refractivity (Wildman–Crippen MR) is 31.2 cm³/mol. The smallest absolute Gasteiger partial charge is 0.281 e. The summed E-state index contributed by atoms with van der Waals surface area (Å²) in [5.41, 5.74) is 0. The highest BCUT2D eigenvalue weighted by atomic mass is 35.5. The van der Waals surface area contributed by atoms with Crippen LogP contribution in [-0.4, -0.2) is 24.2 Å². The van der Waals surface area contributed by atoms with Crippen LogP contribution in [-0.2, 0) is 14.3 Å². The zero-order chi connectivity index (χ0) is 6.91. The van der Waals surface area contributed by atoms with Gasteiger partial charge >= 0.3 is 0 Å². The van der Waals surface area contributed by atoms with Gasteiger partial charge in [0.1, 0.15) is 0 Å². The number of halogens is 1. The Morgan fingerprint density at radius 3 is 2.22 bits per heavy atom. The van der Waals surface area contributed by atoms with E-state index in [0.717, 1.165) is 0 Å². The van der Waals surface area contributed by atoms with Crippen LogP contribution in [0.1, 0.15) is 6.92 Å². The second kappa shape index (κ2) is 2.25. The van der Waals surface area contributed by atoms with Gasteiger partial charge in [-0.1, -0.05) is 0 Å². The summed E-state index contributed by atoms with van der Waals surface area (Å²) in [6.45, 7) is 2.39. The lowest BCUT2D eigenvalue weighted by Crippen LogP contribution is -2.32. The normalized spacial score (nSPS) is 24.2. The first-order valence-corrected chi connectivity index (χ1v) is 3.01. The molecular weight excluding hydrogens is 144 g/mol. The summed E-state index contributed by atoms with van der Waals surface area (Å²) < 4.78 is 9.80. The molecule has 0 atom stereocenters. The lowest BCUT2D eigenvalue weighted by Gasteiger charge is -2.15. The maximum atomic E-state index is 10.5. The lowest BCUT2D eigenvalue weighted by molar-refractivity contribution is -0.164. The van der Waals surface area contributed by atoms with Gasteiger partial charge in [0.15, 0.2) is 0 Å². The van der Waals surface area contributed by atoms with Gasteiger partial charge in [-0.2, -0.15) is 0 Å². The topological polar surface area (TPSA) is 35.5 Å². The molecule has 1 saturated heterocycles. The third-order valence-electron chi connectivity index (χ3n) is 1.20. The Morgan fingerprint density at radius 1 is 1.56 bits per heavy atom. The van der Waals surface area contributed by atoms with Crippen molar-refractivity contribution in [3.63, 3.8) is 0 Å². The molecule has 1 rings (SSSR count). The fraction of sp³-hybridized carbons (Fsp3) is 0.800. The fourth-order valence-corrected chi connectivity index (χ4v) is 0.737. The Balaban J connectivity index is 2.61. The molecule has 1 aliphatic heterocycles. The molecule has 1 heterocycles. The summed E-state index contributed by atoms with van der Waals surface area (Å²) in [5, 5.41) is -0.597. The van der Waals surface area contributed by atoms with E-state index in [-0.39, 0.29) is 0 Å². The minimum absolute atomic E-state index is 0.439. The molecule has 1 aliphatic rings. The number of carbonyl (C=O) groups is 1. The molecule has 0 spiro atoms. The van der Waals surface area contributed by atoms with Gasteiger partial charge in [0, 0.05) is 0 Å². The van der Waals surface area contributed by atoms with Gasteiger partial charge in [-0.3, -0.25) is 4.79 Å². The van der Waals surface area contributed by atoms with Crippen LogP contribution in [0.3, 0.4) is 0 Å². The lowest BCUT2D eigenvalue weighted by atomic mass is 10.4. The molecule has 0 aliphatic carbocycles. The molecular formula is C5H7ClO3. The van der Waals surface area contributed by atoms with E-state index in [0.29, 0.717) is 13.2 Å². The molecule has 0 amide bonds. The Labute approximate surface area is 57.9 Å². The van der Waals surface area contributed by atoms with Crippen molar-refractivity contribution >= 4 is 16.8 Å². The van der Waals surface area contributed by atoms with Crippen LogP contribution in [0.2, 0.25) is 0 Å². The summed E-state index contributed by atoms with van der Waals surface area (Å²) in [5.74, 6) is -1.18. The van der Waals surface area contributed by atoms with Crippen molar-refractivity contribution in [1.82, 2.24) is 0 Å². The van der Waals surface area contributed by atoms with Gasteiger partial charge in [-0.25, -0.2) is 0 Å². The Kier molecular flexibility index (Phi) is 1.75. The van der Waals surface area contributed by atoms with E-state index in [1.165, 1.54) is 6.92 Å². The molecule has 0 radical (unpaired) electrons. The van der Waals surface area contributed by atoms with E-state index in [1.807, 2.05) is 0 Å². The summed E-state index contributed by atoms with van der Waals surface area (Å²) in [4.78, 5) is 10.5. The van der Waals surface area contributed by atoms with Crippen LogP contribution in [0.25, 0.3) is 0 Å². The fourth-order valence-electron chi connectivity index (χ4n) is 0.628. The van der Waals surface area contributed by atoms with Crippen LogP contribution >= 0.6 is 11.6 Å². The monoisotopic (exact) mass is 150 g/mol. The molecule has 0 unspecified atom stereocenters. The van der Waals surface area contributed by atoms with E-state index in [1.54, 1.807) is 0 Å². The number of hydrogen-bond donors (Lipinski definition) is 0. The maximum absolute atomic E-state index is 10.5. The highest BCUT2D eigenvalue weighted by molar-refractivity contribution is 6.65. The average Bonchev–Trinajstić information content (AvgIpc) is 2.16. The van der Waals surface area contributed by atoms with E-state index >= 15 is 0 Å². The highest BCUT2D eigenvalue weighted by Crippen LogP contribution is 2.20. The molecule has 0 bridgehead atoms. The van der Waals surface area contributed by atoms with Gasteiger partial charge in [0.2, 0.25) is 5.79 Å². The Morgan fingerprint density at radius 2 is 2.00 bits per heavy atom. The third-order valence-corrected chi connectivity index (χ3v) is 1.54. The number of hydrogen-bond acceptors (Lipinski definition) is 3. The summed E-state index contributed by atoms with van der Waals surface area (Å²) in [6, 6.07) is 0. The summed E-state index contributed by atoms with van der Waals surface area (Å²) in [7, 11) is 0. The van der Waals surface area contributed by atoms with Crippen LogP contribution in [0, 0.1) is 0 Å². The van der Waals surface area contributed by atoms with Crippen molar-refractivity contribution in [2.24, 2.45) is 0 Å². The van der Waals surface area contributed by atoms with E-state index in [9.17, 15) is 4.79 Å². The van der Waals surface area contributed by atoms with Crippen LogP contribution in [0.4, 0.5) is 0 Å². The number of carbonyl (C=O) groups excluding carboxylic acids is 1. The SMILES string of the molecule is CC1(C(=O)Cl)OCCO1. The van der Waals surface area contributed by atoms with Gasteiger partial charge in [0.05, 0.1) is 13.2 Å². The zero-order valence-corrected chi connectivity index (χ0v) is 5.77. The zero-order valence-electron chi connectivity index (χ0n) is 5.02.